The quantitative estimate of drug-likeness (QED) is 0.603. The van der Waals surface area contributed by atoms with Gasteiger partial charge in [-0.25, -0.2) is 0 Å². The number of nitrogens with zero attached hydrogens (tertiary/aromatic N) is 3. The summed E-state index contributed by atoms with van der Waals surface area (Å²) in [5.41, 5.74) is -1.98. The summed E-state index contributed by atoms with van der Waals surface area (Å²) < 4.78 is 0. The van der Waals surface area contributed by atoms with E-state index < -0.39 is 37.7 Å². The molecule has 0 aromatic heterocycles. The number of nitro benzene ring substituents is 3. The highest BCUT2D eigenvalue weighted by Crippen LogP contribution is 2.45. The lowest BCUT2D eigenvalue weighted by atomic mass is 9.89. The molecular formula is C12H15N3O6. The van der Waals surface area contributed by atoms with Crippen LogP contribution >= 0.6 is 0 Å². The standard InChI is InChI=1S/C12H15N3O6/c1-5-6(2)9-11(14(18)19)7(3)10(13(16)17)8(4)12(9)15(20)21/h6H,5H2,1-4H3. The Labute approximate surface area is 120 Å². The van der Waals surface area contributed by atoms with Crippen LogP contribution in [0, 0.1) is 44.2 Å². The van der Waals surface area contributed by atoms with Gasteiger partial charge < -0.3 is 0 Å². The summed E-state index contributed by atoms with van der Waals surface area (Å²) >= 11 is 0. The molecule has 0 saturated carbocycles. The van der Waals surface area contributed by atoms with Crippen LogP contribution in [0.25, 0.3) is 0 Å². The molecule has 0 radical (unpaired) electrons. The molecule has 0 fully saturated rings. The van der Waals surface area contributed by atoms with E-state index in [0.29, 0.717) is 6.42 Å². The molecule has 0 bridgehead atoms. The molecule has 0 saturated heterocycles. The molecule has 1 atom stereocenters. The first kappa shape index (κ1) is 16.5. The summed E-state index contributed by atoms with van der Waals surface area (Å²) in [6, 6.07) is 0. The molecule has 0 N–H and O–H groups in total. The lowest BCUT2D eigenvalue weighted by Gasteiger charge is -2.14. The largest absolute Gasteiger partial charge is 0.289 e. The first-order valence-corrected chi connectivity index (χ1v) is 6.25. The third kappa shape index (κ3) is 2.67. The Morgan fingerprint density at radius 2 is 1.19 bits per heavy atom. The van der Waals surface area contributed by atoms with E-state index in [-0.39, 0.29) is 16.7 Å². The number of benzene rings is 1. The second-order valence-corrected chi connectivity index (χ2v) is 4.79. The number of hydrogen-bond donors (Lipinski definition) is 0. The van der Waals surface area contributed by atoms with Crippen molar-refractivity contribution in [3.63, 3.8) is 0 Å². The smallest absolute Gasteiger partial charge is 0.258 e. The molecule has 0 spiro atoms. The Morgan fingerprint density at radius 1 is 0.857 bits per heavy atom. The van der Waals surface area contributed by atoms with Gasteiger partial charge in [-0.1, -0.05) is 13.8 Å². The normalized spacial score (nSPS) is 12.0. The minimum Gasteiger partial charge on any atom is -0.258 e. The maximum absolute atomic E-state index is 11.3. The second-order valence-electron chi connectivity index (χ2n) is 4.79. The molecule has 1 aromatic rings. The number of hydrogen-bond acceptors (Lipinski definition) is 6. The lowest BCUT2D eigenvalue weighted by Crippen LogP contribution is -2.10. The van der Waals surface area contributed by atoms with Gasteiger partial charge in [0.05, 0.1) is 14.8 Å². The van der Waals surface area contributed by atoms with E-state index in [9.17, 15) is 30.3 Å². The van der Waals surface area contributed by atoms with Gasteiger partial charge in [0.1, 0.15) is 16.7 Å². The molecule has 0 heterocycles. The van der Waals surface area contributed by atoms with Crippen molar-refractivity contribution in [1.82, 2.24) is 0 Å². The summed E-state index contributed by atoms with van der Waals surface area (Å²) in [6.45, 7) is 5.86. The number of rotatable bonds is 5. The average Bonchev–Trinajstić information content (AvgIpc) is 2.35. The fraction of sp³-hybridized carbons (Fsp3) is 0.500. The first-order chi connectivity index (χ1) is 9.64. The predicted octanol–water partition coefficient (Wildman–Crippen LogP) is 3.54. The van der Waals surface area contributed by atoms with Crippen LogP contribution in [-0.4, -0.2) is 14.8 Å². The van der Waals surface area contributed by atoms with Crippen LogP contribution in [0.5, 0.6) is 0 Å². The van der Waals surface area contributed by atoms with Crippen molar-refractivity contribution < 1.29 is 14.8 Å². The zero-order valence-corrected chi connectivity index (χ0v) is 12.1. The van der Waals surface area contributed by atoms with Crippen LogP contribution in [0.3, 0.4) is 0 Å². The van der Waals surface area contributed by atoms with E-state index in [0.717, 1.165) is 0 Å². The first-order valence-electron chi connectivity index (χ1n) is 6.25. The van der Waals surface area contributed by atoms with E-state index in [2.05, 4.69) is 0 Å². The molecule has 9 heteroatoms. The number of nitro groups is 3. The Balaban J connectivity index is 4.05. The summed E-state index contributed by atoms with van der Waals surface area (Å²) in [6.07, 6.45) is 0.443. The average molecular weight is 297 g/mol. The topological polar surface area (TPSA) is 129 Å². The maximum Gasteiger partial charge on any atom is 0.289 e. The Bertz CT molecular complexity index is 599. The van der Waals surface area contributed by atoms with Crippen LogP contribution in [0.4, 0.5) is 17.1 Å². The van der Waals surface area contributed by atoms with Crippen LogP contribution in [0.2, 0.25) is 0 Å². The Hall–Kier alpha value is -2.58. The zero-order chi connectivity index (χ0) is 16.5. The van der Waals surface area contributed by atoms with Gasteiger partial charge >= 0.3 is 0 Å². The Kier molecular flexibility index (Phi) is 4.56. The van der Waals surface area contributed by atoms with Crippen molar-refractivity contribution in [2.75, 3.05) is 0 Å². The van der Waals surface area contributed by atoms with Crippen molar-refractivity contribution in [3.8, 4) is 0 Å². The third-order valence-corrected chi connectivity index (χ3v) is 3.58. The van der Waals surface area contributed by atoms with E-state index in [1.165, 1.54) is 13.8 Å². The van der Waals surface area contributed by atoms with Gasteiger partial charge in [-0.15, -0.1) is 0 Å². The van der Waals surface area contributed by atoms with Gasteiger partial charge in [-0.2, -0.15) is 0 Å². The minimum atomic E-state index is -0.814. The molecule has 0 aliphatic carbocycles. The molecular weight excluding hydrogens is 282 g/mol. The van der Waals surface area contributed by atoms with Crippen LogP contribution in [0.1, 0.15) is 42.9 Å². The van der Waals surface area contributed by atoms with Crippen molar-refractivity contribution in [3.05, 3.63) is 47.0 Å². The van der Waals surface area contributed by atoms with Gasteiger partial charge in [-0.3, -0.25) is 30.3 Å². The highest BCUT2D eigenvalue weighted by Gasteiger charge is 2.39. The van der Waals surface area contributed by atoms with Crippen LogP contribution in [0.15, 0.2) is 0 Å². The fourth-order valence-electron chi connectivity index (χ4n) is 2.44. The van der Waals surface area contributed by atoms with Crippen molar-refractivity contribution in [1.29, 1.82) is 0 Å². The van der Waals surface area contributed by atoms with E-state index in [1.54, 1.807) is 13.8 Å². The molecule has 9 nitrogen and oxygen atoms in total. The van der Waals surface area contributed by atoms with Gasteiger partial charge in [0.15, 0.2) is 0 Å². The van der Waals surface area contributed by atoms with Crippen LogP contribution < -0.4 is 0 Å². The van der Waals surface area contributed by atoms with Gasteiger partial charge in [0.2, 0.25) is 0 Å². The molecule has 1 unspecified atom stereocenters. The molecule has 114 valence electrons. The molecule has 0 amide bonds. The predicted molar refractivity (Wildman–Crippen MR) is 74.6 cm³/mol. The fourth-order valence-corrected chi connectivity index (χ4v) is 2.44. The molecule has 1 rings (SSSR count). The molecule has 21 heavy (non-hydrogen) atoms. The second kappa shape index (κ2) is 5.81. The molecule has 1 aromatic carbocycles. The summed E-state index contributed by atoms with van der Waals surface area (Å²) in [4.78, 5) is 31.3. The molecule has 0 aliphatic rings. The highest BCUT2D eigenvalue weighted by molar-refractivity contribution is 5.72. The summed E-state index contributed by atoms with van der Waals surface area (Å²) in [7, 11) is 0. The van der Waals surface area contributed by atoms with Crippen molar-refractivity contribution >= 4 is 17.1 Å². The van der Waals surface area contributed by atoms with E-state index in [1.807, 2.05) is 0 Å². The van der Waals surface area contributed by atoms with E-state index in [4.69, 9.17) is 0 Å². The van der Waals surface area contributed by atoms with Gasteiger partial charge in [-0.05, 0) is 26.2 Å². The summed E-state index contributed by atoms with van der Waals surface area (Å²) in [5, 5.41) is 33.7. The molecule has 0 aliphatic heterocycles. The van der Waals surface area contributed by atoms with E-state index >= 15 is 0 Å². The lowest BCUT2D eigenvalue weighted by molar-refractivity contribution is -0.405. The van der Waals surface area contributed by atoms with Crippen LogP contribution in [-0.2, 0) is 0 Å². The third-order valence-electron chi connectivity index (χ3n) is 3.58. The SMILES string of the molecule is CCC(C)c1c([N+](=O)[O-])c(C)c([N+](=O)[O-])c(C)c1[N+](=O)[O-]. The maximum atomic E-state index is 11.3. The monoisotopic (exact) mass is 297 g/mol. The van der Waals surface area contributed by atoms with Gasteiger partial charge in [0.25, 0.3) is 17.1 Å². The minimum absolute atomic E-state index is 0.0481. The summed E-state index contributed by atoms with van der Waals surface area (Å²) in [5.74, 6) is -0.455. The Morgan fingerprint density at radius 3 is 1.43 bits per heavy atom. The van der Waals surface area contributed by atoms with Crippen molar-refractivity contribution in [2.45, 2.75) is 40.0 Å². The highest BCUT2D eigenvalue weighted by atomic mass is 16.6. The van der Waals surface area contributed by atoms with Gasteiger partial charge in [0, 0.05) is 0 Å². The van der Waals surface area contributed by atoms with Crippen molar-refractivity contribution in [2.24, 2.45) is 0 Å². The zero-order valence-electron chi connectivity index (χ0n) is 12.1.